The molecular weight excluding hydrogens is 444 g/mol. The van der Waals surface area contributed by atoms with E-state index in [1.54, 1.807) is 0 Å². The zero-order chi connectivity index (χ0) is 20.7. The second-order valence-electron chi connectivity index (χ2n) is 8.49. The third-order valence-electron chi connectivity index (χ3n) is 6.84. The van der Waals surface area contributed by atoms with Crippen molar-refractivity contribution < 1.29 is 0 Å². The minimum atomic E-state index is -0.589. The maximum absolute atomic E-state index is 6.95. The molecule has 148 valence electrons. The van der Waals surface area contributed by atoms with Gasteiger partial charge >= 0.3 is 0 Å². The summed E-state index contributed by atoms with van der Waals surface area (Å²) in [4.78, 5) is 0. The van der Waals surface area contributed by atoms with Crippen LogP contribution < -0.4 is 5.73 Å². The lowest BCUT2D eigenvalue weighted by Gasteiger charge is -2.58. The lowest BCUT2D eigenvalue weighted by atomic mass is 9.45. The van der Waals surface area contributed by atoms with Crippen LogP contribution in [-0.4, -0.2) is 6.54 Å². The monoisotopic (exact) mass is 461 g/mol. The van der Waals surface area contributed by atoms with Gasteiger partial charge in [-0.05, 0) is 45.3 Å². The predicted molar refractivity (Wildman–Crippen MR) is 123 cm³/mol. The topological polar surface area (TPSA) is 26.0 Å². The van der Waals surface area contributed by atoms with Crippen molar-refractivity contribution in [2.45, 2.75) is 25.2 Å². The molecule has 0 unspecified atom stereocenters. The van der Waals surface area contributed by atoms with Crippen molar-refractivity contribution in [1.82, 2.24) is 0 Å². The van der Waals surface area contributed by atoms with Gasteiger partial charge in [0.05, 0.1) is 25.5 Å². The molecule has 0 atom stereocenters. The van der Waals surface area contributed by atoms with Gasteiger partial charge in [0, 0.05) is 5.92 Å². The van der Waals surface area contributed by atoms with Gasteiger partial charge in [-0.1, -0.05) is 109 Å². The van der Waals surface area contributed by atoms with Crippen molar-refractivity contribution >= 4 is 46.4 Å². The average Bonchev–Trinajstić information content (AvgIpc) is 2.75. The third kappa shape index (κ3) is 2.18. The summed E-state index contributed by atoms with van der Waals surface area (Å²) in [5.41, 5.74) is 12.2. The molecule has 3 aromatic rings. The first-order valence-corrected chi connectivity index (χ1v) is 11.1. The molecule has 0 saturated heterocycles. The average molecular weight is 463 g/mol. The van der Waals surface area contributed by atoms with Gasteiger partial charge in [0.15, 0.2) is 0 Å². The molecule has 0 aromatic heterocycles. The first-order chi connectivity index (χ1) is 13.8. The summed E-state index contributed by atoms with van der Waals surface area (Å²) in [6, 6.07) is 17.0. The molecule has 6 rings (SSSR count). The lowest BCUT2D eigenvalue weighted by Crippen LogP contribution is -2.54. The van der Waals surface area contributed by atoms with E-state index < -0.39 is 5.41 Å². The van der Waals surface area contributed by atoms with E-state index in [-0.39, 0.29) is 11.3 Å². The van der Waals surface area contributed by atoms with E-state index in [1.165, 1.54) is 22.3 Å². The normalized spacial score (nSPS) is 21.6. The molecule has 3 aliphatic rings. The van der Waals surface area contributed by atoms with Crippen LogP contribution in [0.1, 0.15) is 53.1 Å². The number of halogens is 4. The lowest BCUT2D eigenvalue weighted by molar-refractivity contribution is 0.236. The van der Waals surface area contributed by atoms with Gasteiger partial charge in [0.2, 0.25) is 0 Å². The molecule has 0 fully saturated rings. The van der Waals surface area contributed by atoms with Gasteiger partial charge in [-0.25, -0.2) is 0 Å². The number of rotatable bonds is 2. The highest BCUT2D eigenvalue weighted by molar-refractivity contribution is 6.52. The van der Waals surface area contributed by atoms with Crippen LogP contribution in [0, 0.1) is 5.41 Å². The van der Waals surface area contributed by atoms with Crippen molar-refractivity contribution in [3.63, 3.8) is 0 Å². The smallest absolute Gasteiger partial charge is 0.0797 e. The molecule has 0 amide bonds. The summed E-state index contributed by atoms with van der Waals surface area (Å²) in [5, 5.41) is 1.54. The van der Waals surface area contributed by atoms with Crippen molar-refractivity contribution in [3.8, 4) is 0 Å². The van der Waals surface area contributed by atoms with E-state index in [0.29, 0.717) is 26.6 Å². The van der Waals surface area contributed by atoms with E-state index in [4.69, 9.17) is 52.1 Å². The van der Waals surface area contributed by atoms with Gasteiger partial charge in [0.1, 0.15) is 0 Å². The molecule has 5 heteroatoms. The fraction of sp³-hybridized carbons (Fsp3) is 0.250. The number of nitrogens with two attached hydrogens (primary N) is 1. The third-order valence-corrected chi connectivity index (χ3v) is 8.66. The Balaban J connectivity index is 2.10. The van der Waals surface area contributed by atoms with Crippen LogP contribution in [0.3, 0.4) is 0 Å². The van der Waals surface area contributed by atoms with Crippen molar-refractivity contribution in [2.24, 2.45) is 11.1 Å². The quantitative estimate of drug-likeness (QED) is 0.311. The Morgan fingerprint density at radius 3 is 1.79 bits per heavy atom. The van der Waals surface area contributed by atoms with Crippen molar-refractivity contribution in [3.05, 3.63) is 102 Å². The highest BCUT2D eigenvalue weighted by Crippen LogP contribution is 2.68. The van der Waals surface area contributed by atoms with Crippen LogP contribution in [0.2, 0.25) is 20.1 Å². The number of hydrogen-bond donors (Lipinski definition) is 1. The summed E-state index contributed by atoms with van der Waals surface area (Å²) >= 11 is 26.9. The number of hydrogen-bond acceptors (Lipinski definition) is 1. The van der Waals surface area contributed by atoms with Gasteiger partial charge in [-0.2, -0.15) is 0 Å². The van der Waals surface area contributed by atoms with Gasteiger partial charge in [0.25, 0.3) is 0 Å². The summed E-state index contributed by atoms with van der Waals surface area (Å²) in [7, 11) is 0. The maximum Gasteiger partial charge on any atom is 0.0797 e. The summed E-state index contributed by atoms with van der Waals surface area (Å²) in [6.45, 7) is 4.82. The van der Waals surface area contributed by atoms with E-state index in [1.807, 2.05) is 0 Å². The fourth-order valence-corrected chi connectivity index (χ4v) is 6.70. The molecule has 3 aromatic carbocycles. The van der Waals surface area contributed by atoms with Crippen LogP contribution in [0.4, 0.5) is 0 Å². The summed E-state index contributed by atoms with van der Waals surface area (Å²) in [6.07, 6.45) is 0. The molecule has 29 heavy (non-hydrogen) atoms. The van der Waals surface area contributed by atoms with Crippen molar-refractivity contribution in [1.29, 1.82) is 0 Å². The zero-order valence-corrected chi connectivity index (χ0v) is 19.0. The SMILES string of the molecule is CC(C)(CN)C12c3ccccc3C(c3ccccc31)c1c(Cl)c(Cl)c(Cl)c(Cl)c12. The Kier molecular flexibility index (Phi) is 4.35. The first-order valence-electron chi connectivity index (χ1n) is 9.54. The second kappa shape index (κ2) is 6.39. The highest BCUT2D eigenvalue weighted by atomic mass is 35.5. The van der Waals surface area contributed by atoms with Crippen LogP contribution in [-0.2, 0) is 5.41 Å². The van der Waals surface area contributed by atoms with E-state index >= 15 is 0 Å². The Labute approximate surface area is 190 Å². The van der Waals surface area contributed by atoms with E-state index in [0.717, 1.165) is 11.1 Å². The number of benzene rings is 3. The molecule has 0 radical (unpaired) electrons. The zero-order valence-electron chi connectivity index (χ0n) is 16.0. The van der Waals surface area contributed by atoms with Gasteiger partial charge in [-0.15, -0.1) is 0 Å². The van der Waals surface area contributed by atoms with E-state index in [2.05, 4.69) is 62.4 Å². The molecule has 2 N–H and O–H groups in total. The first kappa shape index (κ1) is 19.7. The minimum Gasteiger partial charge on any atom is -0.330 e. The Bertz CT molecular complexity index is 1130. The summed E-state index contributed by atoms with van der Waals surface area (Å²) < 4.78 is 0. The van der Waals surface area contributed by atoms with Crippen LogP contribution in [0.25, 0.3) is 0 Å². The molecule has 0 aliphatic heterocycles. The minimum absolute atomic E-state index is 0.0485. The maximum atomic E-state index is 6.95. The Hall–Kier alpha value is -1.22. The molecule has 0 saturated carbocycles. The van der Waals surface area contributed by atoms with Crippen molar-refractivity contribution in [2.75, 3.05) is 6.54 Å². The van der Waals surface area contributed by atoms with Crippen LogP contribution >= 0.6 is 46.4 Å². The van der Waals surface area contributed by atoms with Crippen LogP contribution in [0.15, 0.2) is 48.5 Å². The molecule has 3 aliphatic carbocycles. The fourth-order valence-electron chi connectivity index (χ4n) is 5.58. The molecule has 1 nitrogen and oxygen atoms in total. The van der Waals surface area contributed by atoms with Gasteiger partial charge < -0.3 is 5.73 Å². The molecule has 2 bridgehead atoms. The summed E-state index contributed by atoms with van der Waals surface area (Å²) in [5.74, 6) is -0.0485. The predicted octanol–water partition coefficient (Wildman–Crippen LogP) is 7.43. The Morgan fingerprint density at radius 1 is 0.793 bits per heavy atom. The highest BCUT2D eigenvalue weighted by Gasteiger charge is 2.60. The second-order valence-corrected chi connectivity index (χ2v) is 10.0. The van der Waals surface area contributed by atoms with Gasteiger partial charge in [-0.3, -0.25) is 0 Å². The molecule has 0 heterocycles. The molecule has 0 spiro atoms. The van der Waals surface area contributed by atoms with E-state index in [9.17, 15) is 0 Å². The Morgan fingerprint density at radius 2 is 1.28 bits per heavy atom. The van der Waals surface area contributed by atoms with Crippen LogP contribution in [0.5, 0.6) is 0 Å². The largest absolute Gasteiger partial charge is 0.330 e. The molecular formula is C24H19Cl4N. The standard InChI is InChI=1S/C24H19Cl4N/c1-23(2,11-29)24-14-9-5-3-7-12(14)16(13-8-4-6-10-15(13)24)17-18(24)20(26)22(28)21(27)19(17)25/h3-10,16H,11,29H2,1-2H3.